The maximum atomic E-state index is 6.33. The Hall–Kier alpha value is -2.33. The number of nitrogens with zero attached hydrogens (tertiary/aromatic N) is 2. The summed E-state index contributed by atoms with van der Waals surface area (Å²) in [5.74, 6) is 1.22. The van der Waals surface area contributed by atoms with Gasteiger partial charge in [0.2, 0.25) is 0 Å². The van der Waals surface area contributed by atoms with Gasteiger partial charge >= 0.3 is 0 Å². The Morgan fingerprint density at radius 3 is 2.27 bits per heavy atom. The minimum Gasteiger partial charge on any atom is -0.340 e. The van der Waals surface area contributed by atoms with Gasteiger partial charge in [0.05, 0.1) is 20.6 Å². The summed E-state index contributed by atoms with van der Waals surface area (Å²) in [5.41, 5.74) is 2.38. The van der Waals surface area contributed by atoms with Gasteiger partial charge in [-0.15, -0.1) is 0 Å². The summed E-state index contributed by atoms with van der Waals surface area (Å²) >= 11 is 18.5. The van der Waals surface area contributed by atoms with Crippen molar-refractivity contribution in [1.29, 1.82) is 0 Å². The van der Waals surface area contributed by atoms with E-state index in [0.717, 1.165) is 22.2 Å². The third kappa shape index (κ3) is 3.34. The van der Waals surface area contributed by atoms with E-state index in [0.29, 0.717) is 26.7 Å². The van der Waals surface area contributed by atoms with Crippen molar-refractivity contribution >= 4 is 57.2 Å². The lowest BCUT2D eigenvalue weighted by molar-refractivity contribution is 1.22. The second kappa shape index (κ2) is 7.12. The molecule has 4 rings (SSSR count). The summed E-state index contributed by atoms with van der Waals surface area (Å²) < 4.78 is 0. The molecule has 6 heteroatoms. The normalized spacial score (nSPS) is 10.9. The van der Waals surface area contributed by atoms with Crippen LogP contribution in [0.5, 0.6) is 0 Å². The number of anilines is 2. The number of fused-ring (bicyclic) bond motifs is 1. The number of benzene rings is 3. The van der Waals surface area contributed by atoms with Gasteiger partial charge in [0.15, 0.2) is 5.82 Å². The highest BCUT2D eigenvalue weighted by Gasteiger charge is 2.12. The van der Waals surface area contributed by atoms with Crippen LogP contribution < -0.4 is 5.32 Å². The van der Waals surface area contributed by atoms with Crippen LogP contribution in [0.1, 0.15) is 0 Å². The highest BCUT2D eigenvalue weighted by Crippen LogP contribution is 2.32. The van der Waals surface area contributed by atoms with Gasteiger partial charge in [-0.2, -0.15) is 0 Å². The molecule has 128 valence electrons. The number of hydrogen-bond donors (Lipinski definition) is 1. The number of para-hydroxylation sites is 1. The molecule has 1 aromatic heterocycles. The van der Waals surface area contributed by atoms with E-state index < -0.39 is 0 Å². The smallest absolute Gasteiger partial charge is 0.163 e. The van der Waals surface area contributed by atoms with Crippen LogP contribution in [0.4, 0.5) is 11.5 Å². The zero-order valence-corrected chi connectivity index (χ0v) is 15.6. The van der Waals surface area contributed by atoms with E-state index in [1.54, 1.807) is 12.1 Å². The lowest BCUT2D eigenvalue weighted by atomic mass is 10.1. The van der Waals surface area contributed by atoms with Crippen LogP contribution in [0.3, 0.4) is 0 Å². The average Bonchev–Trinajstić information content (AvgIpc) is 2.65. The Morgan fingerprint density at radius 2 is 1.46 bits per heavy atom. The van der Waals surface area contributed by atoms with Gasteiger partial charge in [0.1, 0.15) is 5.82 Å². The zero-order valence-electron chi connectivity index (χ0n) is 13.4. The van der Waals surface area contributed by atoms with E-state index in [-0.39, 0.29) is 0 Å². The summed E-state index contributed by atoms with van der Waals surface area (Å²) in [5, 5.41) is 5.78. The van der Waals surface area contributed by atoms with Crippen molar-refractivity contribution in [3.8, 4) is 11.4 Å². The molecule has 1 heterocycles. The van der Waals surface area contributed by atoms with Gasteiger partial charge in [-0.1, -0.05) is 59.1 Å². The fraction of sp³-hybridized carbons (Fsp3) is 0. The van der Waals surface area contributed by atoms with Gasteiger partial charge in [-0.25, -0.2) is 9.97 Å². The summed E-state index contributed by atoms with van der Waals surface area (Å²) in [7, 11) is 0. The van der Waals surface area contributed by atoms with E-state index in [1.165, 1.54) is 0 Å². The highest BCUT2D eigenvalue weighted by molar-refractivity contribution is 6.42. The van der Waals surface area contributed by atoms with Crippen LogP contribution in [0.25, 0.3) is 22.3 Å². The Balaban J connectivity index is 1.87. The van der Waals surface area contributed by atoms with Gasteiger partial charge in [-0.3, -0.25) is 0 Å². The molecule has 0 amide bonds. The summed E-state index contributed by atoms with van der Waals surface area (Å²) in [6.07, 6.45) is 0. The van der Waals surface area contributed by atoms with Crippen molar-refractivity contribution < 1.29 is 0 Å². The van der Waals surface area contributed by atoms with E-state index in [2.05, 4.69) is 10.3 Å². The minimum atomic E-state index is 0.473. The largest absolute Gasteiger partial charge is 0.340 e. The van der Waals surface area contributed by atoms with E-state index in [9.17, 15) is 0 Å². The fourth-order valence-corrected chi connectivity index (χ4v) is 3.16. The predicted octanol–water partition coefficient (Wildman–Crippen LogP) is 7.00. The first-order valence-electron chi connectivity index (χ1n) is 7.85. The van der Waals surface area contributed by atoms with Crippen molar-refractivity contribution in [3.05, 3.63) is 81.8 Å². The molecule has 0 spiro atoms. The molecule has 3 nitrogen and oxygen atoms in total. The second-order valence-electron chi connectivity index (χ2n) is 5.65. The number of halogens is 3. The van der Waals surface area contributed by atoms with Crippen LogP contribution in [0.2, 0.25) is 15.1 Å². The van der Waals surface area contributed by atoms with Crippen LogP contribution >= 0.6 is 34.8 Å². The van der Waals surface area contributed by atoms with E-state index >= 15 is 0 Å². The molecule has 0 aliphatic heterocycles. The molecule has 0 bridgehead atoms. The monoisotopic (exact) mass is 399 g/mol. The van der Waals surface area contributed by atoms with Gasteiger partial charge in [0.25, 0.3) is 0 Å². The zero-order chi connectivity index (χ0) is 18.1. The molecule has 0 aliphatic carbocycles. The molecule has 0 saturated heterocycles. The van der Waals surface area contributed by atoms with E-state index in [4.69, 9.17) is 39.8 Å². The molecule has 0 fully saturated rings. The lowest BCUT2D eigenvalue weighted by Gasteiger charge is -2.12. The maximum Gasteiger partial charge on any atom is 0.163 e. The first kappa shape index (κ1) is 17.1. The van der Waals surface area contributed by atoms with Crippen LogP contribution in [0, 0.1) is 0 Å². The molecule has 1 N–H and O–H groups in total. The summed E-state index contributed by atoms with van der Waals surface area (Å²) in [4.78, 5) is 9.35. The number of aromatic nitrogens is 2. The number of nitrogens with one attached hydrogen (secondary N) is 1. The molecule has 26 heavy (non-hydrogen) atoms. The van der Waals surface area contributed by atoms with Gasteiger partial charge in [-0.05, 0) is 42.5 Å². The van der Waals surface area contributed by atoms with Crippen LogP contribution in [-0.2, 0) is 0 Å². The van der Waals surface area contributed by atoms with Crippen LogP contribution in [0.15, 0.2) is 66.7 Å². The Bertz CT molecular complexity index is 1110. The summed E-state index contributed by atoms with van der Waals surface area (Å²) in [6, 6.07) is 20.6. The highest BCUT2D eigenvalue weighted by atomic mass is 35.5. The molecule has 3 aromatic carbocycles. The van der Waals surface area contributed by atoms with Crippen LogP contribution in [-0.4, -0.2) is 9.97 Å². The van der Waals surface area contributed by atoms with Crippen molar-refractivity contribution in [3.63, 3.8) is 0 Å². The molecular weight excluding hydrogens is 389 g/mol. The Kier molecular flexibility index (Phi) is 4.68. The predicted molar refractivity (Wildman–Crippen MR) is 110 cm³/mol. The lowest BCUT2D eigenvalue weighted by Crippen LogP contribution is -1.99. The Labute approximate surface area is 165 Å². The summed E-state index contributed by atoms with van der Waals surface area (Å²) in [6.45, 7) is 0. The molecule has 0 radical (unpaired) electrons. The quantitative estimate of drug-likeness (QED) is 0.402. The topological polar surface area (TPSA) is 37.8 Å². The van der Waals surface area contributed by atoms with Gasteiger partial charge in [0, 0.05) is 16.6 Å². The average molecular weight is 401 g/mol. The van der Waals surface area contributed by atoms with Crippen molar-refractivity contribution in [2.45, 2.75) is 0 Å². The fourth-order valence-electron chi connectivity index (χ4n) is 2.65. The van der Waals surface area contributed by atoms with Crippen molar-refractivity contribution in [1.82, 2.24) is 9.97 Å². The van der Waals surface area contributed by atoms with E-state index in [1.807, 2.05) is 54.6 Å². The molecule has 0 saturated carbocycles. The first-order chi connectivity index (χ1) is 12.6. The number of hydrogen-bond acceptors (Lipinski definition) is 3. The Morgan fingerprint density at radius 1 is 0.692 bits per heavy atom. The molecule has 0 atom stereocenters. The van der Waals surface area contributed by atoms with Gasteiger partial charge < -0.3 is 5.32 Å². The molecular formula is C20H12Cl3N3. The molecule has 0 unspecified atom stereocenters. The SMILES string of the molecule is Clc1ccc(Nc2nc(-c3ccccc3Cl)nc3ccccc23)cc1Cl. The molecule has 4 aromatic rings. The molecule has 0 aliphatic rings. The number of rotatable bonds is 3. The first-order valence-corrected chi connectivity index (χ1v) is 8.99. The minimum absolute atomic E-state index is 0.473. The maximum absolute atomic E-state index is 6.33. The standard InChI is InChI=1S/C20H12Cl3N3/c21-15-7-3-1-5-13(15)19-25-18-8-4-2-6-14(18)20(26-19)24-12-9-10-16(22)17(23)11-12/h1-11H,(H,24,25,26). The van der Waals surface area contributed by atoms with Crippen molar-refractivity contribution in [2.75, 3.05) is 5.32 Å². The third-order valence-electron chi connectivity index (χ3n) is 3.90. The van der Waals surface area contributed by atoms with Crippen molar-refractivity contribution in [2.24, 2.45) is 0 Å². The second-order valence-corrected chi connectivity index (χ2v) is 6.87. The third-order valence-corrected chi connectivity index (χ3v) is 4.97.